The number of rotatable bonds is 3. The number of nitrogens with zero attached hydrogens (tertiary/aromatic N) is 2. The minimum absolute atomic E-state index is 0.421. The number of furan rings is 1. The molecule has 2 aromatic heterocycles. The third-order valence-electron chi connectivity index (χ3n) is 4.07. The minimum atomic E-state index is 0.421. The molecule has 126 valence electrons. The van der Waals surface area contributed by atoms with Crippen LogP contribution < -0.4 is 0 Å². The number of aryl methyl sites for hydroxylation is 1. The predicted molar refractivity (Wildman–Crippen MR) is 106 cm³/mol. The van der Waals surface area contributed by atoms with Crippen LogP contribution in [0.1, 0.15) is 17.1 Å². The van der Waals surface area contributed by atoms with Crippen molar-refractivity contribution in [3.05, 3.63) is 76.2 Å². The molecule has 4 rings (SSSR count). The maximum atomic E-state index is 9.54. The Morgan fingerprint density at radius 3 is 2.81 bits per heavy atom. The number of aromatic nitrogens is 2. The summed E-state index contributed by atoms with van der Waals surface area (Å²) < 4.78 is 6.89. The summed E-state index contributed by atoms with van der Waals surface area (Å²) in [5, 5.41) is 9.54. The fourth-order valence-electron chi connectivity index (χ4n) is 2.77. The van der Waals surface area contributed by atoms with Crippen molar-refractivity contribution >= 4 is 38.6 Å². The molecule has 0 aliphatic heterocycles. The van der Waals surface area contributed by atoms with Crippen molar-refractivity contribution < 1.29 is 4.42 Å². The number of H-pyrrole nitrogens is 1. The van der Waals surface area contributed by atoms with Crippen LogP contribution >= 0.6 is 15.9 Å². The van der Waals surface area contributed by atoms with Gasteiger partial charge in [0.05, 0.1) is 16.6 Å². The van der Waals surface area contributed by atoms with E-state index >= 15 is 0 Å². The molecular formula is C21H14BrN3O. The Bertz CT molecular complexity index is 1140. The van der Waals surface area contributed by atoms with Crippen LogP contribution in [-0.4, -0.2) is 9.97 Å². The number of aromatic amines is 1. The number of nitriles is 1. The topological polar surface area (TPSA) is 65.6 Å². The van der Waals surface area contributed by atoms with Crippen molar-refractivity contribution in [2.75, 3.05) is 0 Å². The van der Waals surface area contributed by atoms with Gasteiger partial charge in [0.15, 0.2) is 0 Å². The van der Waals surface area contributed by atoms with Gasteiger partial charge in [-0.15, -0.1) is 0 Å². The molecule has 5 heteroatoms. The maximum absolute atomic E-state index is 9.54. The fourth-order valence-corrected chi connectivity index (χ4v) is 3.46. The first-order valence-electron chi connectivity index (χ1n) is 8.07. The number of hydrogen-bond acceptors (Lipinski definition) is 3. The average Bonchev–Trinajstić information content (AvgIpc) is 3.26. The van der Waals surface area contributed by atoms with E-state index in [1.54, 1.807) is 6.08 Å². The maximum Gasteiger partial charge on any atom is 0.149 e. The Balaban J connectivity index is 1.71. The average molecular weight is 404 g/mol. The predicted octanol–water partition coefficient (Wildman–Crippen LogP) is 5.96. The zero-order valence-electron chi connectivity index (χ0n) is 14.0. The van der Waals surface area contributed by atoms with Gasteiger partial charge in [-0.05, 0) is 48.9 Å². The molecule has 0 aliphatic carbocycles. The molecule has 26 heavy (non-hydrogen) atoms. The standard InChI is InChI=1S/C21H14BrN3O/c1-13-6-8-16(17(22)10-13)20-9-7-15(26-20)11-14(12-23)21-24-18-4-2-3-5-19(18)25-21/h2-11H,1H3,(H,24,25)/b14-11-. The molecule has 0 radical (unpaired) electrons. The third-order valence-corrected chi connectivity index (χ3v) is 4.72. The van der Waals surface area contributed by atoms with Crippen LogP contribution in [0.3, 0.4) is 0 Å². The second-order valence-electron chi connectivity index (χ2n) is 5.96. The first-order valence-corrected chi connectivity index (χ1v) is 8.86. The third kappa shape index (κ3) is 3.07. The molecule has 0 amide bonds. The highest BCUT2D eigenvalue weighted by Crippen LogP contribution is 2.31. The van der Waals surface area contributed by atoms with Crippen molar-refractivity contribution in [3.63, 3.8) is 0 Å². The molecule has 0 aliphatic rings. The van der Waals surface area contributed by atoms with Crippen LogP contribution in [0.25, 0.3) is 34.0 Å². The van der Waals surface area contributed by atoms with Gasteiger partial charge in [-0.25, -0.2) is 4.98 Å². The Kier molecular flexibility index (Phi) is 4.19. The van der Waals surface area contributed by atoms with Crippen LogP contribution in [0.5, 0.6) is 0 Å². The number of benzene rings is 2. The van der Waals surface area contributed by atoms with Gasteiger partial charge in [-0.1, -0.05) is 34.1 Å². The molecule has 0 atom stereocenters. The number of nitrogens with one attached hydrogen (secondary N) is 1. The number of fused-ring (bicyclic) bond motifs is 1. The number of hydrogen-bond donors (Lipinski definition) is 1. The summed E-state index contributed by atoms with van der Waals surface area (Å²) in [5.41, 5.74) is 4.28. The lowest BCUT2D eigenvalue weighted by molar-refractivity contribution is 0.571. The molecule has 0 fully saturated rings. The van der Waals surface area contributed by atoms with Gasteiger partial charge < -0.3 is 9.40 Å². The summed E-state index contributed by atoms with van der Waals surface area (Å²) in [7, 11) is 0. The largest absolute Gasteiger partial charge is 0.457 e. The van der Waals surface area contributed by atoms with Gasteiger partial charge in [0, 0.05) is 16.1 Å². The van der Waals surface area contributed by atoms with E-state index in [1.165, 1.54) is 5.56 Å². The van der Waals surface area contributed by atoms with Crippen LogP contribution in [0.15, 0.2) is 63.5 Å². The van der Waals surface area contributed by atoms with E-state index in [4.69, 9.17) is 4.42 Å². The van der Waals surface area contributed by atoms with E-state index in [9.17, 15) is 5.26 Å². The zero-order valence-corrected chi connectivity index (χ0v) is 15.5. The molecule has 0 unspecified atom stereocenters. The fraction of sp³-hybridized carbons (Fsp3) is 0.0476. The van der Waals surface area contributed by atoms with Crippen molar-refractivity contribution in [1.29, 1.82) is 5.26 Å². The monoisotopic (exact) mass is 403 g/mol. The summed E-state index contributed by atoms with van der Waals surface area (Å²) in [5.74, 6) is 1.87. The highest BCUT2D eigenvalue weighted by molar-refractivity contribution is 9.10. The summed E-state index contributed by atoms with van der Waals surface area (Å²) in [6.07, 6.45) is 1.70. The van der Waals surface area contributed by atoms with Crippen molar-refractivity contribution in [1.82, 2.24) is 9.97 Å². The Labute approximate surface area is 158 Å². The van der Waals surface area contributed by atoms with Gasteiger partial charge >= 0.3 is 0 Å². The van der Waals surface area contributed by atoms with E-state index in [-0.39, 0.29) is 0 Å². The first kappa shape index (κ1) is 16.4. The van der Waals surface area contributed by atoms with Gasteiger partial charge in [0.1, 0.15) is 23.4 Å². The number of allylic oxidation sites excluding steroid dienone is 1. The van der Waals surface area contributed by atoms with Crippen LogP contribution in [0, 0.1) is 18.3 Å². The van der Waals surface area contributed by atoms with Gasteiger partial charge in [-0.3, -0.25) is 0 Å². The highest BCUT2D eigenvalue weighted by Gasteiger charge is 2.11. The zero-order chi connectivity index (χ0) is 18.1. The van der Waals surface area contributed by atoms with Gasteiger partial charge in [-0.2, -0.15) is 5.26 Å². The first-order chi connectivity index (χ1) is 12.6. The highest BCUT2D eigenvalue weighted by atomic mass is 79.9. The second kappa shape index (κ2) is 6.66. The molecule has 1 N–H and O–H groups in total. The Morgan fingerprint density at radius 1 is 1.19 bits per heavy atom. The number of imidazole rings is 1. The van der Waals surface area contributed by atoms with Crippen molar-refractivity contribution in [2.24, 2.45) is 0 Å². The molecule has 0 bridgehead atoms. The Morgan fingerprint density at radius 2 is 2.04 bits per heavy atom. The molecule has 2 heterocycles. The van der Waals surface area contributed by atoms with Gasteiger partial charge in [0.25, 0.3) is 0 Å². The summed E-state index contributed by atoms with van der Waals surface area (Å²) >= 11 is 3.57. The molecule has 4 nitrogen and oxygen atoms in total. The van der Waals surface area contributed by atoms with Crippen molar-refractivity contribution in [2.45, 2.75) is 6.92 Å². The lowest BCUT2D eigenvalue weighted by Gasteiger charge is -2.02. The Hall–Kier alpha value is -3.10. The summed E-state index contributed by atoms with van der Waals surface area (Å²) in [4.78, 5) is 7.64. The molecule has 0 saturated carbocycles. The van der Waals surface area contributed by atoms with E-state index in [1.807, 2.05) is 61.5 Å². The van der Waals surface area contributed by atoms with Crippen LogP contribution in [0.2, 0.25) is 0 Å². The quantitative estimate of drug-likeness (QED) is 0.429. The van der Waals surface area contributed by atoms with Crippen LogP contribution in [-0.2, 0) is 0 Å². The van der Waals surface area contributed by atoms with E-state index in [0.717, 1.165) is 26.8 Å². The smallest absolute Gasteiger partial charge is 0.149 e. The molecule has 0 saturated heterocycles. The normalized spacial score (nSPS) is 11.7. The van der Waals surface area contributed by atoms with E-state index < -0.39 is 0 Å². The van der Waals surface area contributed by atoms with E-state index in [0.29, 0.717) is 17.2 Å². The summed E-state index contributed by atoms with van der Waals surface area (Å²) in [6.45, 7) is 2.04. The SMILES string of the molecule is Cc1ccc(-c2ccc(/C=C(/C#N)c3nc4ccccc4[nH]3)o2)c(Br)c1. The van der Waals surface area contributed by atoms with E-state index in [2.05, 4.69) is 32.0 Å². The second-order valence-corrected chi connectivity index (χ2v) is 6.81. The molecule has 0 spiro atoms. The van der Waals surface area contributed by atoms with Crippen molar-refractivity contribution in [3.8, 4) is 17.4 Å². The molecular weight excluding hydrogens is 390 g/mol. The van der Waals surface area contributed by atoms with Crippen LogP contribution in [0.4, 0.5) is 0 Å². The minimum Gasteiger partial charge on any atom is -0.457 e. The molecule has 4 aromatic rings. The number of halogens is 1. The lowest BCUT2D eigenvalue weighted by Crippen LogP contribution is -1.84. The van der Waals surface area contributed by atoms with Gasteiger partial charge in [0.2, 0.25) is 0 Å². The molecule has 2 aromatic carbocycles. The lowest BCUT2D eigenvalue weighted by atomic mass is 10.1. The number of para-hydroxylation sites is 2. The summed E-state index contributed by atoms with van der Waals surface area (Å²) in [6, 6.07) is 19.7.